The van der Waals surface area contributed by atoms with Gasteiger partial charge in [0.25, 0.3) is 0 Å². The molecule has 3 fully saturated rings. The van der Waals surface area contributed by atoms with Crippen LogP contribution in [0, 0.1) is 5.41 Å². The van der Waals surface area contributed by atoms with Crippen molar-refractivity contribution in [3.05, 3.63) is 77.6 Å². The fourth-order valence-corrected chi connectivity index (χ4v) is 6.82. The lowest BCUT2D eigenvalue weighted by atomic mass is 9.63. The molecule has 9 nitrogen and oxygen atoms in total. The molecule has 46 heavy (non-hydrogen) atoms. The predicted octanol–water partition coefficient (Wildman–Crippen LogP) is 6.77. The minimum atomic E-state index is -0.512. The lowest BCUT2D eigenvalue weighted by Crippen LogP contribution is -2.63. The Morgan fingerprint density at radius 1 is 0.935 bits per heavy atom. The summed E-state index contributed by atoms with van der Waals surface area (Å²) in [6.45, 7) is 12.1. The molecule has 2 aliphatic carbocycles. The van der Waals surface area contributed by atoms with E-state index < -0.39 is 5.60 Å². The highest BCUT2D eigenvalue weighted by molar-refractivity contribution is 5.87. The topological polar surface area (TPSA) is 103 Å². The van der Waals surface area contributed by atoms with Gasteiger partial charge in [-0.25, -0.2) is 14.8 Å². The predicted molar refractivity (Wildman–Crippen MR) is 176 cm³/mol. The third-order valence-electron chi connectivity index (χ3n) is 9.37. The molecule has 6 rings (SSSR count). The summed E-state index contributed by atoms with van der Waals surface area (Å²) >= 11 is 0. The number of benzene rings is 2. The zero-order valence-corrected chi connectivity index (χ0v) is 27.7. The van der Waals surface area contributed by atoms with Crippen LogP contribution < -0.4 is 19.7 Å². The van der Waals surface area contributed by atoms with Crippen LogP contribution in [0.2, 0.25) is 0 Å². The first kappa shape index (κ1) is 31.8. The Morgan fingerprint density at radius 2 is 1.59 bits per heavy atom. The molecule has 1 amide bonds. The van der Waals surface area contributed by atoms with E-state index in [-0.39, 0.29) is 29.1 Å². The number of carbonyl (C=O) groups excluding carboxylic acids is 2. The molecular formula is C37H46N4O5. The van der Waals surface area contributed by atoms with Crippen molar-refractivity contribution in [2.75, 3.05) is 18.0 Å². The Kier molecular flexibility index (Phi) is 8.70. The summed E-state index contributed by atoms with van der Waals surface area (Å²) < 4.78 is 17.8. The number of hydrogen-bond donors (Lipinski definition) is 1. The Hall–Kier alpha value is -4.14. The third kappa shape index (κ3) is 7.45. The van der Waals surface area contributed by atoms with Gasteiger partial charge in [0.2, 0.25) is 5.95 Å². The van der Waals surface area contributed by atoms with Crippen molar-refractivity contribution in [1.29, 1.82) is 0 Å². The molecular weight excluding hydrogens is 580 g/mol. The maximum absolute atomic E-state index is 12.2. The standard InChI is InChI=1S/C37H46N4O5/c1-35(2,3)46-34(43)40-27-7-6-8-32(19-27)45-31-15-11-26(12-16-31)36(4,5)25-9-13-30(14-10-25)44-22-28-17-18-38-33(39-28)41-23-37(24-41)20-29(42)21-37/h9-18,27,32H,6-8,19-24H2,1-5H3,(H,40,43). The van der Waals surface area contributed by atoms with E-state index in [1.54, 1.807) is 6.20 Å². The van der Waals surface area contributed by atoms with Crippen molar-refractivity contribution < 1.29 is 23.8 Å². The second-order valence-electron chi connectivity index (χ2n) is 14.8. The van der Waals surface area contributed by atoms with E-state index >= 15 is 0 Å². The minimum Gasteiger partial charge on any atom is -0.490 e. The van der Waals surface area contributed by atoms with Crippen molar-refractivity contribution in [2.24, 2.45) is 5.41 Å². The number of ether oxygens (including phenoxy) is 3. The van der Waals surface area contributed by atoms with Gasteiger partial charge in [-0.15, -0.1) is 0 Å². The average molecular weight is 627 g/mol. The molecule has 1 N–H and O–H groups in total. The monoisotopic (exact) mass is 626 g/mol. The van der Waals surface area contributed by atoms with Gasteiger partial charge in [-0.2, -0.15) is 0 Å². The Morgan fingerprint density at radius 3 is 2.22 bits per heavy atom. The molecule has 2 unspecified atom stereocenters. The maximum Gasteiger partial charge on any atom is 0.407 e. The van der Waals surface area contributed by atoms with E-state index in [0.29, 0.717) is 31.2 Å². The van der Waals surface area contributed by atoms with Gasteiger partial charge in [0, 0.05) is 55.4 Å². The zero-order valence-electron chi connectivity index (χ0n) is 27.7. The number of rotatable bonds is 9. The Bertz CT molecular complexity index is 1530. The number of amides is 1. The minimum absolute atomic E-state index is 0.0519. The van der Waals surface area contributed by atoms with Crippen molar-refractivity contribution in [2.45, 2.75) is 103 Å². The van der Waals surface area contributed by atoms with E-state index in [4.69, 9.17) is 19.2 Å². The van der Waals surface area contributed by atoms with E-state index in [1.165, 1.54) is 11.1 Å². The quantitative estimate of drug-likeness (QED) is 0.278. The molecule has 0 radical (unpaired) electrons. The summed E-state index contributed by atoms with van der Waals surface area (Å²) in [6.07, 6.45) is 6.51. The highest BCUT2D eigenvalue weighted by atomic mass is 16.6. The molecule has 3 aromatic rings. The fraction of sp³-hybridized carbons (Fsp3) is 0.514. The molecule has 1 saturated heterocycles. The first-order valence-electron chi connectivity index (χ1n) is 16.4. The molecule has 2 saturated carbocycles. The van der Waals surface area contributed by atoms with Gasteiger partial charge in [0.05, 0.1) is 5.69 Å². The lowest BCUT2D eigenvalue weighted by molar-refractivity contribution is -0.134. The second-order valence-corrected chi connectivity index (χ2v) is 14.8. The number of hydrogen-bond acceptors (Lipinski definition) is 8. The Labute approximate surface area is 272 Å². The summed E-state index contributed by atoms with van der Waals surface area (Å²) in [7, 11) is 0. The van der Waals surface area contributed by atoms with Crippen molar-refractivity contribution in [3.63, 3.8) is 0 Å². The van der Waals surface area contributed by atoms with E-state index in [2.05, 4.69) is 53.3 Å². The number of ketones is 1. The summed E-state index contributed by atoms with van der Waals surface area (Å²) in [4.78, 5) is 34.9. The summed E-state index contributed by atoms with van der Waals surface area (Å²) in [5, 5.41) is 3.01. The number of aromatic nitrogens is 2. The number of alkyl carbamates (subject to hydrolysis) is 1. The van der Waals surface area contributed by atoms with Gasteiger partial charge in [0.15, 0.2) is 0 Å². The SMILES string of the molecule is CC(C)(C)OC(=O)NC1CCCC(Oc2ccc(C(C)(C)c3ccc(OCc4ccnc(N5CC6(CC(=O)C6)C5)n4)cc3)cc2)C1. The van der Waals surface area contributed by atoms with Crippen LogP contribution in [0.5, 0.6) is 11.5 Å². The van der Waals surface area contributed by atoms with Crippen LogP contribution >= 0.6 is 0 Å². The molecule has 2 aromatic carbocycles. The molecule has 9 heteroatoms. The van der Waals surface area contributed by atoms with Crippen LogP contribution in [0.15, 0.2) is 60.8 Å². The molecule has 1 aliphatic heterocycles. The average Bonchev–Trinajstić information content (AvgIpc) is 2.97. The molecule has 1 aromatic heterocycles. The van der Waals surface area contributed by atoms with Crippen LogP contribution in [0.25, 0.3) is 0 Å². The molecule has 1 spiro atoms. The summed E-state index contributed by atoms with van der Waals surface area (Å²) in [5.41, 5.74) is 2.63. The van der Waals surface area contributed by atoms with Gasteiger partial charge in [0.1, 0.15) is 35.6 Å². The normalized spacial score (nSPS) is 20.8. The third-order valence-corrected chi connectivity index (χ3v) is 9.37. The number of nitrogens with zero attached hydrogens (tertiary/aromatic N) is 3. The van der Waals surface area contributed by atoms with Gasteiger partial charge >= 0.3 is 6.09 Å². The highest BCUT2D eigenvalue weighted by Crippen LogP contribution is 2.46. The van der Waals surface area contributed by atoms with Gasteiger partial charge in [-0.05, 0) is 81.5 Å². The number of carbonyl (C=O) groups is 2. The highest BCUT2D eigenvalue weighted by Gasteiger charge is 2.52. The summed E-state index contributed by atoms with van der Waals surface area (Å²) in [6, 6.07) is 18.5. The van der Waals surface area contributed by atoms with E-state index in [9.17, 15) is 9.59 Å². The first-order valence-corrected chi connectivity index (χ1v) is 16.4. The van der Waals surface area contributed by atoms with Gasteiger partial charge < -0.3 is 24.4 Å². The van der Waals surface area contributed by atoms with Crippen LogP contribution in [0.1, 0.15) is 90.0 Å². The van der Waals surface area contributed by atoms with Crippen LogP contribution in [-0.4, -0.2) is 52.7 Å². The smallest absolute Gasteiger partial charge is 0.407 e. The number of anilines is 1. The molecule has 3 aliphatic rings. The molecule has 2 atom stereocenters. The fourth-order valence-electron chi connectivity index (χ4n) is 6.82. The zero-order chi connectivity index (χ0) is 32.5. The van der Waals surface area contributed by atoms with E-state index in [1.807, 2.05) is 51.1 Å². The summed E-state index contributed by atoms with van der Waals surface area (Å²) in [5.74, 6) is 2.69. The van der Waals surface area contributed by atoms with Gasteiger partial charge in [-0.3, -0.25) is 4.79 Å². The molecule has 0 bridgehead atoms. The largest absolute Gasteiger partial charge is 0.490 e. The Balaban J connectivity index is 0.996. The van der Waals surface area contributed by atoms with Crippen molar-refractivity contribution in [3.8, 4) is 11.5 Å². The van der Waals surface area contributed by atoms with E-state index in [0.717, 1.165) is 56.0 Å². The van der Waals surface area contributed by atoms with Crippen LogP contribution in [0.4, 0.5) is 10.7 Å². The number of nitrogens with one attached hydrogen (secondary N) is 1. The second kappa shape index (κ2) is 12.6. The van der Waals surface area contributed by atoms with Crippen molar-refractivity contribution in [1.82, 2.24) is 15.3 Å². The number of Topliss-reactive ketones (excluding diaryl/α,β-unsaturated/α-hetero) is 1. The van der Waals surface area contributed by atoms with Crippen LogP contribution in [-0.2, 0) is 21.6 Å². The molecule has 244 valence electrons. The van der Waals surface area contributed by atoms with Crippen molar-refractivity contribution >= 4 is 17.8 Å². The molecule has 2 heterocycles. The first-order chi connectivity index (χ1) is 21.9. The van der Waals surface area contributed by atoms with Crippen LogP contribution in [0.3, 0.4) is 0 Å². The maximum atomic E-state index is 12.2. The van der Waals surface area contributed by atoms with Gasteiger partial charge in [-0.1, -0.05) is 38.1 Å². The lowest BCUT2D eigenvalue weighted by Gasteiger charge is -2.54.